The third-order valence-corrected chi connectivity index (χ3v) is 6.09. The van der Waals surface area contributed by atoms with Crippen LogP contribution in [0.15, 0.2) is 16.3 Å². The Labute approximate surface area is 110 Å². The minimum absolute atomic E-state index is 0.0466. The Morgan fingerprint density at radius 2 is 2.29 bits per heavy atom. The molecular weight excluding hydrogens is 280 g/mol. The van der Waals surface area contributed by atoms with Crippen molar-refractivity contribution < 1.29 is 8.42 Å². The van der Waals surface area contributed by atoms with Crippen LogP contribution in [-0.4, -0.2) is 27.0 Å². The minimum Gasteiger partial charge on any atom is -0.313 e. The summed E-state index contributed by atoms with van der Waals surface area (Å²) in [6.07, 6.45) is 1.86. The van der Waals surface area contributed by atoms with Gasteiger partial charge in [-0.3, -0.25) is 0 Å². The van der Waals surface area contributed by atoms with E-state index in [9.17, 15) is 8.42 Å². The molecule has 2 unspecified atom stereocenters. The lowest BCUT2D eigenvalue weighted by Crippen LogP contribution is -2.51. The largest absolute Gasteiger partial charge is 0.313 e. The maximum atomic E-state index is 12.1. The summed E-state index contributed by atoms with van der Waals surface area (Å²) in [7, 11) is -3.43. The summed E-state index contributed by atoms with van der Waals surface area (Å²) in [5.74, 6) is 0. The highest BCUT2D eigenvalue weighted by atomic mass is 35.5. The zero-order valence-corrected chi connectivity index (χ0v) is 11.8. The second-order valence-electron chi connectivity index (χ2n) is 4.17. The van der Waals surface area contributed by atoms with Crippen LogP contribution in [0.25, 0.3) is 0 Å². The highest BCUT2D eigenvalue weighted by Gasteiger charge is 2.27. The topological polar surface area (TPSA) is 58.2 Å². The van der Waals surface area contributed by atoms with E-state index in [2.05, 4.69) is 10.0 Å². The van der Waals surface area contributed by atoms with Crippen molar-refractivity contribution in [3.8, 4) is 0 Å². The zero-order chi connectivity index (χ0) is 12.5. The SMILES string of the molecule is CC1NCCCC1NS(=O)(=O)c1ccc(Cl)s1. The molecular formula is C10H15ClN2O2S2. The van der Waals surface area contributed by atoms with Crippen LogP contribution < -0.4 is 10.0 Å². The third kappa shape index (κ3) is 3.20. The lowest BCUT2D eigenvalue weighted by Gasteiger charge is -2.30. The molecule has 2 N–H and O–H groups in total. The molecule has 0 saturated carbocycles. The van der Waals surface area contributed by atoms with Crippen molar-refractivity contribution >= 4 is 33.0 Å². The van der Waals surface area contributed by atoms with E-state index >= 15 is 0 Å². The van der Waals surface area contributed by atoms with Crippen molar-refractivity contribution in [3.63, 3.8) is 0 Å². The van der Waals surface area contributed by atoms with Crippen LogP contribution in [0.5, 0.6) is 0 Å². The lowest BCUT2D eigenvalue weighted by atomic mass is 10.0. The molecule has 1 fully saturated rings. The van der Waals surface area contributed by atoms with E-state index in [1.807, 2.05) is 6.92 Å². The van der Waals surface area contributed by atoms with E-state index in [-0.39, 0.29) is 16.3 Å². The molecule has 17 heavy (non-hydrogen) atoms. The van der Waals surface area contributed by atoms with Crippen LogP contribution in [0.3, 0.4) is 0 Å². The fourth-order valence-corrected chi connectivity index (χ4v) is 4.75. The number of thiophene rings is 1. The van der Waals surface area contributed by atoms with Gasteiger partial charge in [-0.2, -0.15) is 0 Å². The first-order chi connectivity index (χ1) is 7.99. The zero-order valence-electron chi connectivity index (χ0n) is 9.44. The van der Waals surface area contributed by atoms with Gasteiger partial charge in [0.2, 0.25) is 10.0 Å². The first-order valence-corrected chi connectivity index (χ1v) is 8.18. The molecule has 2 heterocycles. The monoisotopic (exact) mass is 294 g/mol. The number of halogens is 1. The molecule has 1 saturated heterocycles. The molecule has 4 nitrogen and oxygen atoms in total. The van der Waals surface area contributed by atoms with E-state index in [0.29, 0.717) is 4.34 Å². The maximum absolute atomic E-state index is 12.1. The molecule has 0 spiro atoms. The molecule has 2 atom stereocenters. The average Bonchev–Trinajstić information content (AvgIpc) is 2.69. The Hall–Kier alpha value is -0.140. The number of piperidine rings is 1. The van der Waals surface area contributed by atoms with E-state index in [1.54, 1.807) is 6.07 Å². The van der Waals surface area contributed by atoms with Gasteiger partial charge in [-0.25, -0.2) is 13.1 Å². The quantitative estimate of drug-likeness (QED) is 0.894. The van der Waals surface area contributed by atoms with E-state index < -0.39 is 10.0 Å². The summed E-state index contributed by atoms with van der Waals surface area (Å²) in [6, 6.07) is 3.25. The normalized spacial score (nSPS) is 26.0. The van der Waals surface area contributed by atoms with Gasteiger partial charge in [0, 0.05) is 12.1 Å². The van der Waals surface area contributed by atoms with Gasteiger partial charge in [-0.1, -0.05) is 11.6 Å². The van der Waals surface area contributed by atoms with Gasteiger partial charge >= 0.3 is 0 Å². The molecule has 0 bridgehead atoms. The number of hydrogen-bond acceptors (Lipinski definition) is 4. The average molecular weight is 295 g/mol. The third-order valence-electron chi connectivity index (χ3n) is 2.88. The van der Waals surface area contributed by atoms with E-state index in [1.165, 1.54) is 6.07 Å². The number of sulfonamides is 1. The summed E-state index contributed by atoms with van der Waals surface area (Å²) in [4.78, 5) is 0. The summed E-state index contributed by atoms with van der Waals surface area (Å²) < 4.78 is 27.6. The van der Waals surface area contributed by atoms with Crippen molar-refractivity contribution in [1.29, 1.82) is 0 Å². The predicted molar refractivity (Wildman–Crippen MR) is 70.1 cm³/mol. The van der Waals surface area contributed by atoms with Crippen molar-refractivity contribution in [2.45, 2.75) is 36.1 Å². The fraction of sp³-hybridized carbons (Fsp3) is 0.600. The van der Waals surface area contributed by atoms with Crippen LogP contribution in [0, 0.1) is 0 Å². The Morgan fingerprint density at radius 3 is 2.88 bits per heavy atom. The minimum atomic E-state index is -3.43. The van der Waals surface area contributed by atoms with Crippen molar-refractivity contribution in [1.82, 2.24) is 10.0 Å². The van der Waals surface area contributed by atoms with E-state index in [0.717, 1.165) is 30.7 Å². The highest BCUT2D eigenvalue weighted by molar-refractivity contribution is 7.91. The first-order valence-electron chi connectivity index (χ1n) is 5.50. The Kier molecular flexibility index (Phi) is 4.10. The summed E-state index contributed by atoms with van der Waals surface area (Å²) in [5.41, 5.74) is 0. The molecule has 0 radical (unpaired) electrons. The van der Waals surface area contributed by atoms with Gasteiger partial charge in [0.15, 0.2) is 0 Å². The Morgan fingerprint density at radius 1 is 1.53 bits per heavy atom. The fourth-order valence-electron chi connectivity index (χ4n) is 1.90. The number of rotatable bonds is 3. The first kappa shape index (κ1) is 13.3. The number of hydrogen-bond donors (Lipinski definition) is 2. The van der Waals surface area contributed by atoms with Gasteiger partial charge in [-0.05, 0) is 38.4 Å². The highest BCUT2D eigenvalue weighted by Crippen LogP contribution is 2.26. The Bertz CT molecular complexity index is 486. The summed E-state index contributed by atoms with van der Waals surface area (Å²) in [5, 5.41) is 3.26. The standard InChI is InChI=1S/C10H15ClN2O2S2/c1-7-8(3-2-6-12-7)13-17(14,15)10-5-4-9(11)16-10/h4-5,7-8,12-13H,2-3,6H2,1H3. The van der Waals surface area contributed by atoms with Gasteiger partial charge in [0.05, 0.1) is 4.34 Å². The molecule has 1 aliphatic heterocycles. The maximum Gasteiger partial charge on any atom is 0.250 e. The summed E-state index contributed by atoms with van der Waals surface area (Å²) in [6.45, 7) is 2.94. The lowest BCUT2D eigenvalue weighted by molar-refractivity contribution is 0.349. The second-order valence-corrected chi connectivity index (χ2v) is 7.83. The van der Waals surface area contributed by atoms with Crippen LogP contribution in [-0.2, 0) is 10.0 Å². The van der Waals surface area contributed by atoms with Crippen molar-refractivity contribution in [2.24, 2.45) is 0 Å². The van der Waals surface area contributed by atoms with Crippen LogP contribution in [0.2, 0.25) is 4.34 Å². The van der Waals surface area contributed by atoms with E-state index in [4.69, 9.17) is 11.6 Å². The smallest absolute Gasteiger partial charge is 0.250 e. The van der Waals surface area contributed by atoms with Gasteiger partial charge in [0.25, 0.3) is 0 Å². The van der Waals surface area contributed by atoms with Crippen molar-refractivity contribution in [3.05, 3.63) is 16.5 Å². The second kappa shape index (κ2) is 5.24. The van der Waals surface area contributed by atoms with Gasteiger partial charge in [0.1, 0.15) is 4.21 Å². The molecule has 0 aromatic carbocycles. The van der Waals surface area contributed by atoms with Gasteiger partial charge in [-0.15, -0.1) is 11.3 Å². The molecule has 1 aliphatic rings. The predicted octanol–water partition coefficient (Wildman–Crippen LogP) is 1.82. The Balaban J connectivity index is 2.11. The summed E-state index contributed by atoms with van der Waals surface area (Å²) >= 11 is 6.83. The molecule has 0 aliphatic carbocycles. The molecule has 1 aromatic rings. The molecule has 0 amide bonds. The van der Waals surface area contributed by atoms with Crippen LogP contribution >= 0.6 is 22.9 Å². The number of nitrogens with one attached hydrogen (secondary N) is 2. The molecule has 2 rings (SSSR count). The van der Waals surface area contributed by atoms with Crippen LogP contribution in [0.4, 0.5) is 0 Å². The molecule has 1 aromatic heterocycles. The molecule has 96 valence electrons. The van der Waals surface area contributed by atoms with Crippen LogP contribution in [0.1, 0.15) is 19.8 Å². The molecule has 7 heteroatoms. The van der Waals surface area contributed by atoms with Crippen molar-refractivity contribution in [2.75, 3.05) is 6.54 Å². The van der Waals surface area contributed by atoms with Gasteiger partial charge < -0.3 is 5.32 Å².